The van der Waals surface area contributed by atoms with Crippen molar-refractivity contribution < 1.29 is 9.31 Å². The summed E-state index contributed by atoms with van der Waals surface area (Å²) in [6.07, 6.45) is 0. The van der Waals surface area contributed by atoms with Gasteiger partial charge < -0.3 is 20.5 Å². The Hall–Kier alpha value is -0.805. The third-order valence-corrected chi connectivity index (χ3v) is 3.32. The zero-order chi connectivity index (χ0) is 12.7. The first-order valence-corrected chi connectivity index (χ1v) is 5.46. The molecule has 1 aliphatic rings. The molecule has 1 rings (SSSR count). The lowest BCUT2D eigenvalue weighted by Gasteiger charge is -2.32. The van der Waals surface area contributed by atoms with Crippen LogP contribution in [0.4, 0.5) is 0 Å². The highest BCUT2D eigenvalue weighted by Gasteiger charge is 2.53. The van der Waals surface area contributed by atoms with Crippen molar-refractivity contribution in [1.82, 2.24) is 0 Å². The van der Waals surface area contributed by atoms with Crippen LogP contribution in [0.25, 0.3) is 0 Å². The van der Waals surface area contributed by atoms with Crippen molar-refractivity contribution in [2.24, 2.45) is 5.73 Å². The number of nitrogens with two attached hydrogens (primary N) is 1. The van der Waals surface area contributed by atoms with E-state index in [-0.39, 0.29) is 0 Å². The van der Waals surface area contributed by atoms with E-state index in [2.05, 4.69) is 0 Å². The molecule has 0 atom stereocenters. The summed E-state index contributed by atoms with van der Waals surface area (Å²) >= 11 is 0. The molecule has 1 aliphatic heterocycles. The molecular weight excluding hydrogens is 203 g/mol. The molecule has 1 fully saturated rings. The molecular formula is C11H21BN2O2. The molecule has 0 aromatic heterocycles. The molecule has 0 amide bonds. The summed E-state index contributed by atoms with van der Waals surface area (Å²) in [6.45, 7) is 11.4. The topological polar surface area (TPSA) is 68.3 Å². The molecule has 0 unspecified atom stereocenters. The second kappa shape index (κ2) is 3.89. The van der Waals surface area contributed by atoms with E-state index < -0.39 is 18.3 Å². The van der Waals surface area contributed by atoms with Crippen LogP contribution in [-0.4, -0.2) is 24.0 Å². The smallest absolute Gasteiger partial charge is 0.402 e. The van der Waals surface area contributed by atoms with E-state index in [1.54, 1.807) is 13.8 Å². The summed E-state index contributed by atoms with van der Waals surface area (Å²) in [7, 11) is -0.535. The second-order valence-electron chi connectivity index (χ2n) is 5.31. The molecule has 0 aromatic carbocycles. The monoisotopic (exact) mass is 224 g/mol. The van der Waals surface area contributed by atoms with Crippen molar-refractivity contribution >= 4 is 12.8 Å². The molecule has 3 N–H and O–H groups in total. The molecule has 0 aliphatic carbocycles. The summed E-state index contributed by atoms with van der Waals surface area (Å²) in [5.74, 6) is 0. The molecule has 90 valence electrons. The SMILES string of the molecule is CC(=N)/C(B1OC(C)(C)C(C)(C)O1)=C(/C)N. The minimum Gasteiger partial charge on any atom is -0.402 e. The molecule has 0 spiro atoms. The third kappa shape index (κ3) is 2.15. The van der Waals surface area contributed by atoms with Crippen molar-refractivity contribution in [2.75, 3.05) is 0 Å². The number of hydrogen-bond acceptors (Lipinski definition) is 4. The minimum atomic E-state index is -0.535. The summed E-state index contributed by atoms with van der Waals surface area (Å²) in [6, 6.07) is 0. The van der Waals surface area contributed by atoms with Crippen molar-refractivity contribution in [3.8, 4) is 0 Å². The van der Waals surface area contributed by atoms with Gasteiger partial charge in [0.05, 0.1) is 11.2 Å². The lowest BCUT2D eigenvalue weighted by Crippen LogP contribution is -2.41. The molecule has 0 saturated carbocycles. The van der Waals surface area contributed by atoms with Gasteiger partial charge in [-0.3, -0.25) is 0 Å². The Bertz CT molecular complexity index is 328. The van der Waals surface area contributed by atoms with E-state index in [4.69, 9.17) is 20.5 Å². The highest BCUT2D eigenvalue weighted by atomic mass is 16.7. The Balaban J connectivity index is 3.04. The van der Waals surface area contributed by atoms with Gasteiger partial charge in [-0.1, -0.05) is 0 Å². The average molecular weight is 224 g/mol. The largest absolute Gasteiger partial charge is 0.498 e. The van der Waals surface area contributed by atoms with Crippen LogP contribution in [0.3, 0.4) is 0 Å². The fourth-order valence-corrected chi connectivity index (χ4v) is 1.62. The predicted molar refractivity (Wildman–Crippen MR) is 66.4 cm³/mol. The van der Waals surface area contributed by atoms with Crippen molar-refractivity contribution in [1.29, 1.82) is 5.41 Å². The van der Waals surface area contributed by atoms with Crippen molar-refractivity contribution in [3.63, 3.8) is 0 Å². The Labute approximate surface area is 97.8 Å². The molecule has 4 nitrogen and oxygen atoms in total. The summed E-state index contributed by atoms with van der Waals surface area (Å²) in [5, 5.41) is 7.71. The lowest BCUT2D eigenvalue weighted by atomic mass is 9.74. The Morgan fingerprint density at radius 3 is 1.69 bits per heavy atom. The quantitative estimate of drug-likeness (QED) is 0.555. The number of rotatable bonds is 2. The van der Waals surface area contributed by atoms with Gasteiger partial charge in [-0.2, -0.15) is 0 Å². The van der Waals surface area contributed by atoms with Gasteiger partial charge in [0, 0.05) is 16.9 Å². The number of allylic oxidation sites excluding steroid dienone is 2. The fourth-order valence-electron chi connectivity index (χ4n) is 1.62. The first-order chi connectivity index (χ1) is 7.08. The standard InChI is InChI=1S/C11H21BN2O2/c1-7(13)9(8(2)14)12-15-10(3,4)11(5,6)16-12/h13H,14H2,1-6H3/b9-8+,13-7?. The Morgan fingerprint density at radius 1 is 1.06 bits per heavy atom. The summed E-state index contributed by atoms with van der Waals surface area (Å²) in [5.41, 5.74) is 6.58. The van der Waals surface area contributed by atoms with Gasteiger partial charge in [-0.05, 0) is 41.5 Å². The molecule has 5 heteroatoms. The third-order valence-electron chi connectivity index (χ3n) is 3.32. The maximum absolute atomic E-state index is 7.71. The van der Waals surface area contributed by atoms with Gasteiger partial charge in [0.1, 0.15) is 0 Å². The van der Waals surface area contributed by atoms with Gasteiger partial charge in [-0.25, -0.2) is 0 Å². The van der Waals surface area contributed by atoms with Crippen LogP contribution in [0.2, 0.25) is 0 Å². The zero-order valence-corrected chi connectivity index (χ0v) is 11.0. The van der Waals surface area contributed by atoms with Gasteiger partial charge >= 0.3 is 7.12 Å². The maximum Gasteiger partial charge on any atom is 0.498 e. The van der Waals surface area contributed by atoms with E-state index in [0.29, 0.717) is 16.9 Å². The van der Waals surface area contributed by atoms with Crippen LogP contribution in [0.5, 0.6) is 0 Å². The number of hydrogen-bond donors (Lipinski definition) is 2. The van der Waals surface area contributed by atoms with E-state index in [1.807, 2.05) is 27.7 Å². The van der Waals surface area contributed by atoms with Gasteiger partial charge in [0.15, 0.2) is 0 Å². The van der Waals surface area contributed by atoms with Crippen molar-refractivity contribution in [2.45, 2.75) is 52.7 Å². The zero-order valence-electron chi connectivity index (χ0n) is 11.0. The maximum atomic E-state index is 7.71. The first-order valence-electron chi connectivity index (χ1n) is 5.46. The van der Waals surface area contributed by atoms with E-state index in [9.17, 15) is 0 Å². The van der Waals surface area contributed by atoms with Crippen LogP contribution in [0.15, 0.2) is 11.2 Å². The fraction of sp³-hybridized carbons (Fsp3) is 0.727. The van der Waals surface area contributed by atoms with Crippen LogP contribution in [-0.2, 0) is 9.31 Å². The summed E-state index contributed by atoms with van der Waals surface area (Å²) in [4.78, 5) is 0. The molecule has 0 radical (unpaired) electrons. The highest BCUT2D eigenvalue weighted by molar-refractivity contribution is 6.62. The number of nitrogens with one attached hydrogen (secondary N) is 1. The van der Waals surface area contributed by atoms with Crippen LogP contribution < -0.4 is 5.73 Å². The molecule has 0 aromatic rings. The average Bonchev–Trinajstić information content (AvgIpc) is 2.17. The van der Waals surface area contributed by atoms with Crippen LogP contribution >= 0.6 is 0 Å². The molecule has 1 heterocycles. The van der Waals surface area contributed by atoms with E-state index in [1.165, 1.54) is 0 Å². The predicted octanol–water partition coefficient (Wildman–Crippen LogP) is 1.89. The Morgan fingerprint density at radius 2 is 1.44 bits per heavy atom. The molecule has 0 bridgehead atoms. The van der Waals surface area contributed by atoms with E-state index in [0.717, 1.165) is 0 Å². The van der Waals surface area contributed by atoms with Gasteiger partial charge in [0.2, 0.25) is 0 Å². The lowest BCUT2D eigenvalue weighted by molar-refractivity contribution is 0.00578. The van der Waals surface area contributed by atoms with Crippen LogP contribution in [0, 0.1) is 5.41 Å². The highest BCUT2D eigenvalue weighted by Crippen LogP contribution is 2.38. The minimum absolute atomic E-state index is 0.388. The van der Waals surface area contributed by atoms with Gasteiger partial charge in [-0.15, -0.1) is 0 Å². The van der Waals surface area contributed by atoms with Crippen LogP contribution in [0.1, 0.15) is 41.5 Å². The normalized spacial score (nSPS) is 24.2. The molecule has 1 saturated heterocycles. The first kappa shape index (κ1) is 13.3. The molecule has 16 heavy (non-hydrogen) atoms. The van der Waals surface area contributed by atoms with E-state index >= 15 is 0 Å². The second-order valence-corrected chi connectivity index (χ2v) is 5.31. The van der Waals surface area contributed by atoms with Gasteiger partial charge in [0.25, 0.3) is 0 Å². The Kier molecular flexibility index (Phi) is 3.23. The summed E-state index contributed by atoms with van der Waals surface area (Å²) < 4.78 is 11.7. The van der Waals surface area contributed by atoms with Crippen molar-refractivity contribution in [3.05, 3.63) is 11.2 Å².